The molecule has 5 N–H and O–H groups in total. The zero-order valence-electron chi connectivity index (χ0n) is 14.7. The maximum atomic E-state index is 10.7. The number of hydrogen-bond donors (Lipinski definition) is 5. The summed E-state index contributed by atoms with van der Waals surface area (Å²) in [5.74, 6) is 0.719. The van der Waals surface area contributed by atoms with Gasteiger partial charge in [0.25, 0.3) is 0 Å². The Bertz CT molecular complexity index is 911. The predicted octanol–water partition coefficient (Wildman–Crippen LogP) is 3.14. The van der Waals surface area contributed by atoms with E-state index in [0.717, 1.165) is 23.4 Å². The first-order chi connectivity index (χ1) is 12.5. The molecule has 0 radical (unpaired) electrons. The number of nitrogens with zero attached hydrogens (tertiary/aromatic N) is 2. The minimum Gasteiger partial charge on any atom is -0.504 e. The van der Waals surface area contributed by atoms with Crippen LogP contribution in [-0.4, -0.2) is 40.1 Å². The van der Waals surface area contributed by atoms with Crippen molar-refractivity contribution >= 4 is 17.2 Å². The van der Waals surface area contributed by atoms with Crippen LogP contribution in [0, 0.1) is 5.41 Å². The Morgan fingerprint density at radius 2 is 2.04 bits per heavy atom. The summed E-state index contributed by atoms with van der Waals surface area (Å²) in [4.78, 5) is 1.76. The topological polar surface area (TPSA) is 100 Å². The summed E-state index contributed by atoms with van der Waals surface area (Å²) >= 11 is 0. The van der Waals surface area contributed by atoms with Gasteiger partial charge in [-0.3, -0.25) is 10.5 Å². The Hall–Kier alpha value is -3.22. The van der Waals surface area contributed by atoms with Gasteiger partial charge in [0.1, 0.15) is 23.4 Å². The number of aromatic hydroxyl groups is 1. The molecule has 2 heterocycles. The van der Waals surface area contributed by atoms with E-state index in [0.29, 0.717) is 17.2 Å². The van der Waals surface area contributed by atoms with Crippen LogP contribution in [-0.2, 0) is 0 Å². The molecule has 4 rings (SSSR count). The zero-order chi connectivity index (χ0) is 18.3. The molecule has 2 aliphatic rings. The highest BCUT2D eigenvalue weighted by atomic mass is 16.3. The second-order valence-electron chi connectivity index (χ2n) is 6.75. The normalized spacial score (nSPS) is 20.4. The third kappa shape index (κ3) is 2.71. The number of anilines is 2. The number of allylic oxidation sites excluding steroid dienone is 4. The van der Waals surface area contributed by atoms with E-state index in [2.05, 4.69) is 26.9 Å². The molecule has 7 heteroatoms. The van der Waals surface area contributed by atoms with Crippen LogP contribution in [0.1, 0.15) is 35.5 Å². The van der Waals surface area contributed by atoms with Crippen LogP contribution in [0.2, 0.25) is 0 Å². The highest BCUT2D eigenvalue weighted by molar-refractivity contribution is 5.98. The lowest BCUT2D eigenvalue weighted by atomic mass is 9.96. The SMILES string of the molecule is CN(C)C(=N)c1ccc2c(c1)NC(c1[nH]nc(C3C=CC=CC3)c1O)N2. The van der Waals surface area contributed by atoms with Gasteiger partial charge in [0.15, 0.2) is 5.75 Å². The summed E-state index contributed by atoms with van der Waals surface area (Å²) in [6, 6.07) is 5.79. The van der Waals surface area contributed by atoms with Crippen molar-refractivity contribution in [2.75, 3.05) is 24.7 Å². The second-order valence-corrected chi connectivity index (χ2v) is 6.75. The Labute approximate surface area is 151 Å². The van der Waals surface area contributed by atoms with Gasteiger partial charge in [-0.2, -0.15) is 5.10 Å². The Morgan fingerprint density at radius 1 is 1.23 bits per heavy atom. The number of rotatable bonds is 3. The summed E-state index contributed by atoms with van der Waals surface area (Å²) < 4.78 is 0. The molecule has 0 fully saturated rings. The van der Waals surface area contributed by atoms with E-state index in [1.54, 1.807) is 4.90 Å². The molecule has 0 amide bonds. The van der Waals surface area contributed by atoms with Gasteiger partial charge in [-0.1, -0.05) is 24.3 Å². The Kier molecular flexibility index (Phi) is 3.91. The van der Waals surface area contributed by atoms with Crippen LogP contribution in [0.3, 0.4) is 0 Å². The molecule has 7 nitrogen and oxygen atoms in total. The van der Waals surface area contributed by atoms with Crippen LogP contribution in [0.25, 0.3) is 0 Å². The standard InChI is InChI=1S/C19H22N6O/c1-25(2)18(20)12-8-9-13-14(10-12)22-19(21-13)16-17(26)15(23-24-16)11-6-4-3-5-7-11/h3-6,8-11,19-22,26H,7H2,1-2H3,(H,23,24). The molecule has 1 aliphatic heterocycles. The van der Waals surface area contributed by atoms with E-state index in [4.69, 9.17) is 5.41 Å². The van der Waals surface area contributed by atoms with E-state index in [-0.39, 0.29) is 17.8 Å². The first-order valence-corrected chi connectivity index (χ1v) is 8.58. The molecule has 1 aromatic heterocycles. The van der Waals surface area contributed by atoms with Crippen molar-refractivity contribution in [2.45, 2.75) is 18.5 Å². The van der Waals surface area contributed by atoms with Crippen molar-refractivity contribution in [2.24, 2.45) is 0 Å². The van der Waals surface area contributed by atoms with E-state index < -0.39 is 0 Å². The fourth-order valence-corrected chi connectivity index (χ4v) is 3.29. The first-order valence-electron chi connectivity index (χ1n) is 8.58. The predicted molar refractivity (Wildman–Crippen MR) is 103 cm³/mol. The highest BCUT2D eigenvalue weighted by Gasteiger charge is 2.29. The van der Waals surface area contributed by atoms with Gasteiger partial charge in [0, 0.05) is 25.6 Å². The van der Waals surface area contributed by atoms with Crippen LogP contribution >= 0.6 is 0 Å². The minimum atomic E-state index is -0.293. The largest absolute Gasteiger partial charge is 0.504 e. The first kappa shape index (κ1) is 16.3. The van der Waals surface area contributed by atoms with Gasteiger partial charge in [-0.05, 0) is 24.6 Å². The fraction of sp³-hybridized carbons (Fsp3) is 0.263. The minimum absolute atomic E-state index is 0.0842. The lowest BCUT2D eigenvalue weighted by molar-refractivity contribution is 0.457. The van der Waals surface area contributed by atoms with Gasteiger partial charge in [-0.25, -0.2) is 0 Å². The van der Waals surface area contributed by atoms with Gasteiger partial charge in [-0.15, -0.1) is 0 Å². The highest BCUT2D eigenvalue weighted by Crippen LogP contribution is 2.40. The van der Waals surface area contributed by atoms with E-state index in [9.17, 15) is 5.11 Å². The number of hydrogen-bond acceptors (Lipinski definition) is 5. The van der Waals surface area contributed by atoms with Crippen molar-refractivity contribution in [3.63, 3.8) is 0 Å². The fourth-order valence-electron chi connectivity index (χ4n) is 3.29. The van der Waals surface area contributed by atoms with Crippen LogP contribution in [0.4, 0.5) is 11.4 Å². The average molecular weight is 350 g/mol. The maximum Gasteiger partial charge on any atom is 0.164 e. The van der Waals surface area contributed by atoms with E-state index in [1.807, 2.05) is 50.5 Å². The van der Waals surface area contributed by atoms with Crippen molar-refractivity contribution in [3.05, 3.63) is 59.5 Å². The van der Waals surface area contributed by atoms with Crippen molar-refractivity contribution < 1.29 is 5.11 Å². The summed E-state index contributed by atoms with van der Waals surface area (Å²) in [6.45, 7) is 0. The third-order valence-corrected chi connectivity index (χ3v) is 4.75. The molecule has 2 atom stereocenters. The molecule has 0 saturated carbocycles. The van der Waals surface area contributed by atoms with Gasteiger partial charge >= 0.3 is 0 Å². The number of H-pyrrole nitrogens is 1. The summed E-state index contributed by atoms with van der Waals surface area (Å²) in [5, 5.41) is 32.8. The number of amidine groups is 1. The zero-order valence-corrected chi connectivity index (χ0v) is 14.7. The molecular weight excluding hydrogens is 328 g/mol. The summed E-state index contributed by atoms with van der Waals surface area (Å²) in [5.41, 5.74) is 3.94. The Morgan fingerprint density at radius 3 is 2.77 bits per heavy atom. The van der Waals surface area contributed by atoms with Crippen LogP contribution in [0.5, 0.6) is 5.75 Å². The monoisotopic (exact) mass is 350 g/mol. The summed E-state index contributed by atoms with van der Waals surface area (Å²) in [6.07, 6.45) is 8.63. The lowest BCUT2D eigenvalue weighted by Crippen LogP contribution is -2.21. The average Bonchev–Trinajstić information content (AvgIpc) is 3.24. The number of benzene rings is 1. The Balaban J connectivity index is 1.57. The summed E-state index contributed by atoms with van der Waals surface area (Å²) in [7, 11) is 3.70. The molecule has 0 saturated heterocycles. The number of nitrogens with one attached hydrogen (secondary N) is 4. The molecule has 134 valence electrons. The van der Waals surface area contributed by atoms with Crippen LogP contribution in [0.15, 0.2) is 42.5 Å². The quantitative estimate of drug-likeness (QED) is 0.432. The molecule has 0 spiro atoms. The molecule has 2 aromatic rings. The maximum absolute atomic E-state index is 10.7. The third-order valence-electron chi connectivity index (χ3n) is 4.75. The van der Waals surface area contributed by atoms with Gasteiger partial charge in [0.05, 0.1) is 11.4 Å². The number of fused-ring (bicyclic) bond motifs is 1. The second kappa shape index (κ2) is 6.25. The van der Waals surface area contributed by atoms with Crippen molar-refractivity contribution in [1.29, 1.82) is 5.41 Å². The molecular formula is C19H22N6O. The number of aromatic nitrogens is 2. The van der Waals surface area contributed by atoms with Gasteiger partial charge < -0.3 is 20.6 Å². The van der Waals surface area contributed by atoms with E-state index in [1.165, 1.54) is 0 Å². The smallest absolute Gasteiger partial charge is 0.164 e. The van der Waals surface area contributed by atoms with Crippen molar-refractivity contribution in [1.82, 2.24) is 15.1 Å². The van der Waals surface area contributed by atoms with Crippen molar-refractivity contribution in [3.8, 4) is 5.75 Å². The molecule has 0 bridgehead atoms. The molecule has 2 unspecified atom stereocenters. The molecule has 26 heavy (non-hydrogen) atoms. The molecule has 1 aromatic carbocycles. The molecule has 1 aliphatic carbocycles. The number of aromatic amines is 1. The lowest BCUT2D eigenvalue weighted by Gasteiger charge is -2.14. The van der Waals surface area contributed by atoms with E-state index >= 15 is 0 Å². The van der Waals surface area contributed by atoms with Crippen LogP contribution < -0.4 is 10.6 Å². The van der Waals surface area contributed by atoms with Gasteiger partial charge in [0.2, 0.25) is 0 Å².